The van der Waals surface area contributed by atoms with Gasteiger partial charge in [0.15, 0.2) is 11.6 Å². The van der Waals surface area contributed by atoms with Gasteiger partial charge in [-0.1, -0.05) is 58.0 Å². The van der Waals surface area contributed by atoms with E-state index in [0.717, 1.165) is 10.4 Å². The number of benzene rings is 2. The molecule has 13 heteroatoms. The summed E-state index contributed by atoms with van der Waals surface area (Å²) in [4.78, 5) is 71.7. The van der Waals surface area contributed by atoms with Gasteiger partial charge in [-0.25, -0.2) is 4.98 Å². The van der Waals surface area contributed by atoms with Crippen LogP contribution in [0.5, 0.6) is 11.5 Å². The summed E-state index contributed by atoms with van der Waals surface area (Å²) in [6.07, 6.45) is 2.53. The van der Waals surface area contributed by atoms with Crippen molar-refractivity contribution in [3.8, 4) is 21.9 Å². The number of ketones is 1. The first kappa shape index (κ1) is 37.0. The molecule has 3 aromatic rings. The van der Waals surface area contributed by atoms with E-state index in [2.05, 4.69) is 26.3 Å². The average molecular weight is 692 g/mol. The number of thiazole rings is 1. The smallest absolute Gasteiger partial charge is 0.258 e. The SMILES string of the molecule is COc1ccc(OCC(=O)N[C@H](C(=O)N[C@@H](CC(C)C)C(=O)N[C@@H](C[C@@H]2CCNC2=O)C(=O)c2ncc(-c3ccccc3)s2)C(C)C)cc1. The first-order valence-electron chi connectivity index (χ1n) is 16.4. The zero-order valence-electron chi connectivity index (χ0n) is 28.5. The molecule has 49 heavy (non-hydrogen) atoms. The van der Waals surface area contributed by atoms with E-state index in [-0.39, 0.29) is 42.2 Å². The normalized spacial score (nSPS) is 16.0. The molecular formula is C36H45N5O7S. The summed E-state index contributed by atoms with van der Waals surface area (Å²) in [7, 11) is 1.55. The number of hydrogen-bond acceptors (Lipinski definition) is 9. The van der Waals surface area contributed by atoms with Gasteiger partial charge in [0, 0.05) is 18.7 Å². The molecule has 2 aromatic carbocycles. The van der Waals surface area contributed by atoms with Crippen molar-refractivity contribution in [2.24, 2.45) is 17.8 Å². The molecule has 0 aliphatic carbocycles. The van der Waals surface area contributed by atoms with Crippen molar-refractivity contribution in [1.29, 1.82) is 0 Å². The minimum Gasteiger partial charge on any atom is -0.497 e. The van der Waals surface area contributed by atoms with Crippen LogP contribution in [0, 0.1) is 17.8 Å². The number of hydrogen-bond donors (Lipinski definition) is 4. The Kier molecular flexibility index (Phi) is 13.3. The molecule has 12 nitrogen and oxygen atoms in total. The Bertz CT molecular complexity index is 1590. The van der Waals surface area contributed by atoms with Crippen LogP contribution in [0.3, 0.4) is 0 Å². The van der Waals surface area contributed by atoms with Crippen molar-refractivity contribution < 1.29 is 33.4 Å². The molecule has 2 heterocycles. The lowest BCUT2D eigenvalue weighted by Gasteiger charge is -2.27. The minimum atomic E-state index is -1.04. The van der Waals surface area contributed by atoms with Crippen molar-refractivity contribution >= 4 is 40.7 Å². The van der Waals surface area contributed by atoms with Crippen LogP contribution in [0.15, 0.2) is 60.8 Å². The predicted molar refractivity (Wildman–Crippen MR) is 186 cm³/mol. The second-order valence-electron chi connectivity index (χ2n) is 12.8. The van der Waals surface area contributed by atoms with Crippen LogP contribution in [-0.4, -0.2) is 72.8 Å². The molecular weight excluding hydrogens is 646 g/mol. The van der Waals surface area contributed by atoms with Gasteiger partial charge in [-0.3, -0.25) is 24.0 Å². The number of methoxy groups -OCH3 is 1. The Morgan fingerprint density at radius 2 is 1.59 bits per heavy atom. The summed E-state index contributed by atoms with van der Waals surface area (Å²) >= 11 is 1.22. The third kappa shape index (κ3) is 10.6. The maximum absolute atomic E-state index is 13.9. The molecule has 4 atom stereocenters. The summed E-state index contributed by atoms with van der Waals surface area (Å²) in [5.41, 5.74) is 0.911. The second-order valence-corrected chi connectivity index (χ2v) is 13.8. The second kappa shape index (κ2) is 17.6. The molecule has 0 bridgehead atoms. The highest BCUT2D eigenvalue weighted by Gasteiger charge is 2.36. The average Bonchev–Trinajstić information content (AvgIpc) is 3.75. The first-order valence-corrected chi connectivity index (χ1v) is 17.3. The number of carbonyl (C=O) groups excluding carboxylic acids is 5. The highest BCUT2D eigenvalue weighted by Crippen LogP contribution is 2.28. The van der Waals surface area contributed by atoms with Crippen molar-refractivity contribution in [1.82, 2.24) is 26.3 Å². The lowest BCUT2D eigenvalue weighted by Crippen LogP contribution is -2.57. The van der Waals surface area contributed by atoms with Gasteiger partial charge in [0.05, 0.1) is 18.0 Å². The highest BCUT2D eigenvalue weighted by molar-refractivity contribution is 7.17. The predicted octanol–water partition coefficient (Wildman–Crippen LogP) is 3.76. The monoisotopic (exact) mass is 691 g/mol. The summed E-state index contributed by atoms with van der Waals surface area (Å²) in [5.74, 6) is -1.84. The molecule has 1 saturated heterocycles. The van der Waals surface area contributed by atoms with Crippen LogP contribution in [0.4, 0.5) is 0 Å². The van der Waals surface area contributed by atoms with E-state index in [1.54, 1.807) is 51.4 Å². The Morgan fingerprint density at radius 1 is 0.918 bits per heavy atom. The van der Waals surface area contributed by atoms with Gasteiger partial charge in [-0.2, -0.15) is 0 Å². The molecule has 1 aromatic heterocycles. The van der Waals surface area contributed by atoms with E-state index >= 15 is 0 Å². The minimum absolute atomic E-state index is 0.00296. The number of carbonyl (C=O) groups is 5. The van der Waals surface area contributed by atoms with Crippen LogP contribution in [0.1, 0.15) is 56.8 Å². The molecule has 1 aliphatic rings. The molecule has 0 spiro atoms. The van der Waals surface area contributed by atoms with Gasteiger partial charge in [0.25, 0.3) is 5.91 Å². The summed E-state index contributed by atoms with van der Waals surface area (Å²) in [5, 5.41) is 11.4. The van der Waals surface area contributed by atoms with Crippen LogP contribution in [0.2, 0.25) is 0 Å². The molecule has 0 radical (unpaired) electrons. The summed E-state index contributed by atoms with van der Waals surface area (Å²) in [6.45, 7) is 7.57. The van der Waals surface area contributed by atoms with E-state index in [1.165, 1.54) is 11.3 Å². The van der Waals surface area contributed by atoms with Gasteiger partial charge in [-0.15, -0.1) is 11.3 Å². The topological polar surface area (TPSA) is 165 Å². The standard InChI is InChI=1S/C36H45N5O7S/c1-21(2)17-28(40-35(46)31(22(3)4)41-30(42)20-48-26-13-11-25(47-5)12-14-26)34(45)39-27(18-24-15-16-37-33(24)44)32(43)36-38-19-29(49-36)23-9-7-6-8-10-23/h6-14,19,21-22,24,27-28,31H,15-18,20H2,1-5H3,(H,37,44)(H,39,45)(H,40,46)(H,41,42)/t24-,27-,28-,31-/m0/s1. The van der Waals surface area contributed by atoms with Gasteiger partial charge < -0.3 is 30.7 Å². The molecule has 4 rings (SSSR count). The zero-order valence-corrected chi connectivity index (χ0v) is 29.3. The van der Waals surface area contributed by atoms with E-state index in [1.807, 2.05) is 44.2 Å². The summed E-state index contributed by atoms with van der Waals surface area (Å²) < 4.78 is 10.7. The van der Waals surface area contributed by atoms with Crippen LogP contribution in [0.25, 0.3) is 10.4 Å². The molecule has 0 unspecified atom stereocenters. The maximum atomic E-state index is 13.9. The van der Waals surface area contributed by atoms with Crippen LogP contribution in [-0.2, 0) is 19.2 Å². The Balaban J connectivity index is 1.46. The lowest BCUT2D eigenvalue weighted by molar-refractivity contribution is -0.134. The van der Waals surface area contributed by atoms with Crippen molar-refractivity contribution in [3.63, 3.8) is 0 Å². The van der Waals surface area contributed by atoms with Gasteiger partial charge in [-0.05, 0) is 60.9 Å². The fourth-order valence-electron chi connectivity index (χ4n) is 5.47. The van der Waals surface area contributed by atoms with E-state index in [4.69, 9.17) is 9.47 Å². The van der Waals surface area contributed by atoms with E-state index < -0.39 is 47.5 Å². The highest BCUT2D eigenvalue weighted by atomic mass is 32.1. The number of aromatic nitrogens is 1. The molecule has 1 fully saturated rings. The molecule has 4 amide bonds. The third-order valence-electron chi connectivity index (χ3n) is 8.13. The Hall–Kier alpha value is -4.78. The lowest BCUT2D eigenvalue weighted by atomic mass is 9.95. The van der Waals surface area contributed by atoms with Gasteiger partial charge in [0.1, 0.15) is 23.6 Å². The maximum Gasteiger partial charge on any atom is 0.258 e. The third-order valence-corrected chi connectivity index (χ3v) is 9.19. The molecule has 4 N–H and O–H groups in total. The fourth-order valence-corrected chi connectivity index (χ4v) is 6.38. The molecule has 262 valence electrons. The number of Topliss-reactive ketones (excluding diaryl/α,β-unsaturated/α-hetero) is 1. The summed E-state index contributed by atoms with van der Waals surface area (Å²) in [6, 6.07) is 13.3. The van der Waals surface area contributed by atoms with E-state index in [9.17, 15) is 24.0 Å². The number of nitrogens with zero attached hydrogens (tertiary/aromatic N) is 1. The van der Waals surface area contributed by atoms with E-state index in [0.29, 0.717) is 24.5 Å². The van der Waals surface area contributed by atoms with Crippen LogP contribution < -0.4 is 30.7 Å². The Labute approximate surface area is 290 Å². The largest absolute Gasteiger partial charge is 0.497 e. The van der Waals surface area contributed by atoms with Crippen molar-refractivity contribution in [3.05, 3.63) is 65.8 Å². The number of amides is 4. The first-order chi connectivity index (χ1) is 23.4. The molecule has 1 aliphatic heterocycles. The quantitative estimate of drug-likeness (QED) is 0.156. The van der Waals surface area contributed by atoms with Crippen molar-refractivity contribution in [2.45, 2.75) is 65.1 Å². The number of rotatable bonds is 17. The number of nitrogens with one attached hydrogen (secondary N) is 4. The molecule has 0 saturated carbocycles. The zero-order chi connectivity index (χ0) is 35.5. The van der Waals surface area contributed by atoms with Crippen molar-refractivity contribution in [2.75, 3.05) is 20.3 Å². The van der Waals surface area contributed by atoms with Crippen LogP contribution >= 0.6 is 11.3 Å². The fraction of sp³-hybridized carbons (Fsp3) is 0.444. The van der Waals surface area contributed by atoms with Gasteiger partial charge >= 0.3 is 0 Å². The number of ether oxygens (including phenoxy) is 2. The van der Waals surface area contributed by atoms with Gasteiger partial charge in [0.2, 0.25) is 23.5 Å². The Morgan fingerprint density at radius 3 is 2.20 bits per heavy atom.